The van der Waals surface area contributed by atoms with E-state index < -0.39 is 23.0 Å². The van der Waals surface area contributed by atoms with E-state index in [9.17, 15) is 19.5 Å². The molecule has 0 spiro atoms. The maximum Gasteiger partial charge on any atom is 0.408 e. The minimum atomic E-state index is -1.16. The van der Waals surface area contributed by atoms with Gasteiger partial charge in [0, 0.05) is 19.0 Å². The number of carboxylic acid groups (broad SMARTS) is 1. The number of ether oxygens (including phenoxy) is 1. The van der Waals surface area contributed by atoms with Crippen molar-refractivity contribution < 1.29 is 24.2 Å². The van der Waals surface area contributed by atoms with Gasteiger partial charge in [0.1, 0.15) is 17.6 Å². The van der Waals surface area contributed by atoms with Crippen molar-refractivity contribution in [3.8, 4) is 11.1 Å². The van der Waals surface area contributed by atoms with Gasteiger partial charge >= 0.3 is 12.1 Å². The SMILES string of the molecule is CCC(C)(NC(=O)OCC1c2ccccc2-c2ccccc21)C(=O)N1CC(C)(C(=O)O)C1. The standard InChI is InChI=1S/C25H28N2O5/c1-4-25(3,21(28)27-14-24(2,15-27)22(29)30)26-23(31)32-13-20-18-11-7-5-9-16(18)17-10-6-8-12-19(17)20/h5-12,20H,4,13-15H2,1-3H3,(H,26,31)(H,29,30). The van der Waals surface area contributed by atoms with E-state index in [2.05, 4.69) is 17.4 Å². The molecule has 1 atom stereocenters. The van der Waals surface area contributed by atoms with Crippen LogP contribution in [0.2, 0.25) is 0 Å². The fraction of sp³-hybridized carbons (Fsp3) is 0.400. The highest BCUT2D eigenvalue weighted by Gasteiger charge is 2.51. The van der Waals surface area contributed by atoms with Gasteiger partial charge in [0.2, 0.25) is 5.91 Å². The number of fused-ring (bicyclic) bond motifs is 3. The van der Waals surface area contributed by atoms with Crippen LogP contribution in [0.3, 0.4) is 0 Å². The molecule has 2 amide bonds. The zero-order chi connectivity index (χ0) is 23.1. The van der Waals surface area contributed by atoms with Crippen LogP contribution in [0.4, 0.5) is 4.79 Å². The van der Waals surface area contributed by atoms with Gasteiger partial charge in [-0.05, 0) is 42.5 Å². The summed E-state index contributed by atoms with van der Waals surface area (Å²) < 4.78 is 5.58. The Bertz CT molecular complexity index is 1030. The number of alkyl carbamates (subject to hydrolysis) is 1. The molecule has 2 aromatic carbocycles. The minimum absolute atomic E-state index is 0.0663. The highest BCUT2D eigenvalue weighted by atomic mass is 16.5. The lowest BCUT2D eigenvalue weighted by Crippen LogP contribution is -2.67. The average molecular weight is 437 g/mol. The van der Waals surface area contributed by atoms with Crippen LogP contribution < -0.4 is 5.32 Å². The van der Waals surface area contributed by atoms with Crippen molar-refractivity contribution in [1.82, 2.24) is 10.2 Å². The number of hydrogen-bond donors (Lipinski definition) is 2. The Morgan fingerprint density at radius 3 is 2.12 bits per heavy atom. The number of carbonyl (C=O) groups excluding carboxylic acids is 2. The van der Waals surface area contributed by atoms with E-state index >= 15 is 0 Å². The molecule has 1 aliphatic heterocycles. The number of nitrogens with one attached hydrogen (secondary N) is 1. The van der Waals surface area contributed by atoms with Crippen molar-refractivity contribution in [3.63, 3.8) is 0 Å². The molecule has 32 heavy (non-hydrogen) atoms. The van der Waals surface area contributed by atoms with Crippen molar-refractivity contribution in [1.29, 1.82) is 0 Å². The van der Waals surface area contributed by atoms with E-state index in [-0.39, 0.29) is 31.5 Å². The van der Waals surface area contributed by atoms with E-state index in [1.807, 2.05) is 36.4 Å². The zero-order valence-corrected chi connectivity index (χ0v) is 18.6. The number of amides is 2. The van der Waals surface area contributed by atoms with Gasteiger partial charge in [0.05, 0.1) is 0 Å². The van der Waals surface area contributed by atoms with E-state index in [1.165, 1.54) is 4.90 Å². The average Bonchev–Trinajstić information content (AvgIpc) is 3.08. The second-order valence-corrected chi connectivity index (χ2v) is 9.16. The van der Waals surface area contributed by atoms with Crippen molar-refractivity contribution in [2.75, 3.05) is 19.7 Å². The molecule has 0 aromatic heterocycles. The quantitative estimate of drug-likeness (QED) is 0.721. The van der Waals surface area contributed by atoms with Crippen molar-refractivity contribution in [3.05, 3.63) is 59.7 Å². The van der Waals surface area contributed by atoms with E-state index in [0.29, 0.717) is 6.42 Å². The first-order chi connectivity index (χ1) is 15.2. The van der Waals surface area contributed by atoms with Gasteiger partial charge in [-0.1, -0.05) is 55.5 Å². The van der Waals surface area contributed by atoms with E-state index in [4.69, 9.17) is 4.74 Å². The molecule has 1 heterocycles. The number of likely N-dealkylation sites (tertiary alicyclic amines) is 1. The van der Waals surface area contributed by atoms with Gasteiger partial charge in [-0.3, -0.25) is 9.59 Å². The van der Waals surface area contributed by atoms with Gasteiger partial charge in [-0.2, -0.15) is 0 Å². The summed E-state index contributed by atoms with van der Waals surface area (Å²) in [7, 11) is 0. The lowest BCUT2D eigenvalue weighted by atomic mass is 9.80. The van der Waals surface area contributed by atoms with Gasteiger partial charge in [-0.15, -0.1) is 0 Å². The molecule has 2 aliphatic rings. The fourth-order valence-corrected chi connectivity index (χ4v) is 4.58. The first-order valence-electron chi connectivity index (χ1n) is 10.8. The maximum atomic E-state index is 13.0. The third-order valence-electron chi connectivity index (χ3n) is 6.78. The van der Waals surface area contributed by atoms with E-state index in [0.717, 1.165) is 22.3 Å². The molecule has 2 N–H and O–H groups in total. The van der Waals surface area contributed by atoms with Crippen molar-refractivity contribution >= 4 is 18.0 Å². The summed E-state index contributed by atoms with van der Waals surface area (Å²) in [4.78, 5) is 38.4. The summed E-state index contributed by atoms with van der Waals surface area (Å²) in [6, 6.07) is 16.2. The number of rotatable bonds is 6. The normalized spacial score (nSPS) is 18.0. The van der Waals surface area contributed by atoms with Gasteiger partial charge in [0.15, 0.2) is 0 Å². The number of aliphatic carboxylic acids is 1. The second-order valence-electron chi connectivity index (χ2n) is 9.16. The Kier molecular flexibility index (Phi) is 5.44. The molecular weight excluding hydrogens is 408 g/mol. The van der Waals surface area contributed by atoms with Gasteiger partial charge in [0.25, 0.3) is 0 Å². The number of hydrogen-bond acceptors (Lipinski definition) is 4. The first kappa shape index (κ1) is 21.9. The predicted octanol–water partition coefficient (Wildman–Crippen LogP) is 3.63. The van der Waals surface area contributed by atoms with Crippen LogP contribution in [0.5, 0.6) is 0 Å². The predicted molar refractivity (Wildman–Crippen MR) is 119 cm³/mol. The summed E-state index contributed by atoms with van der Waals surface area (Å²) in [5.74, 6) is -1.29. The first-order valence-corrected chi connectivity index (χ1v) is 10.8. The Morgan fingerprint density at radius 2 is 1.62 bits per heavy atom. The van der Waals surface area contributed by atoms with Crippen LogP contribution in [-0.2, 0) is 14.3 Å². The molecule has 2 aromatic rings. The maximum absolute atomic E-state index is 13.0. The number of benzene rings is 2. The van der Waals surface area contributed by atoms with Crippen LogP contribution >= 0.6 is 0 Å². The van der Waals surface area contributed by atoms with Crippen LogP contribution in [0.15, 0.2) is 48.5 Å². The lowest BCUT2D eigenvalue weighted by Gasteiger charge is -2.48. The molecule has 1 aliphatic carbocycles. The van der Waals surface area contributed by atoms with E-state index in [1.54, 1.807) is 20.8 Å². The highest BCUT2D eigenvalue weighted by Crippen LogP contribution is 2.44. The molecule has 1 saturated heterocycles. The Balaban J connectivity index is 1.41. The Hall–Kier alpha value is -3.35. The van der Waals surface area contributed by atoms with Crippen LogP contribution in [-0.4, -0.2) is 53.2 Å². The summed E-state index contributed by atoms with van der Waals surface area (Å²) in [5, 5.41) is 12.0. The summed E-state index contributed by atoms with van der Waals surface area (Å²) in [6.45, 7) is 5.48. The zero-order valence-electron chi connectivity index (χ0n) is 18.6. The number of carbonyl (C=O) groups is 3. The summed E-state index contributed by atoms with van der Waals surface area (Å²) >= 11 is 0. The van der Waals surface area contributed by atoms with Crippen molar-refractivity contribution in [2.45, 2.75) is 38.6 Å². The molecule has 4 rings (SSSR count). The highest BCUT2D eigenvalue weighted by molar-refractivity contribution is 5.92. The largest absolute Gasteiger partial charge is 0.481 e. The second kappa shape index (κ2) is 7.97. The van der Waals surface area contributed by atoms with Crippen LogP contribution in [0.25, 0.3) is 11.1 Å². The molecule has 7 heteroatoms. The van der Waals surface area contributed by atoms with Crippen molar-refractivity contribution in [2.24, 2.45) is 5.41 Å². The number of carboxylic acids is 1. The summed E-state index contributed by atoms with van der Waals surface area (Å²) in [5.41, 5.74) is 2.42. The van der Waals surface area contributed by atoms with Gasteiger partial charge in [-0.25, -0.2) is 4.79 Å². The molecule has 0 saturated carbocycles. The third kappa shape index (κ3) is 3.61. The molecule has 1 fully saturated rings. The van der Waals surface area contributed by atoms with Crippen LogP contribution in [0.1, 0.15) is 44.2 Å². The molecule has 168 valence electrons. The molecule has 7 nitrogen and oxygen atoms in total. The molecule has 0 bridgehead atoms. The monoisotopic (exact) mass is 436 g/mol. The smallest absolute Gasteiger partial charge is 0.408 e. The molecule has 1 unspecified atom stereocenters. The topological polar surface area (TPSA) is 95.9 Å². The fourth-order valence-electron chi connectivity index (χ4n) is 4.58. The minimum Gasteiger partial charge on any atom is -0.481 e. The Morgan fingerprint density at radius 1 is 1.09 bits per heavy atom. The third-order valence-corrected chi connectivity index (χ3v) is 6.78. The lowest BCUT2D eigenvalue weighted by molar-refractivity contribution is -0.166. The van der Waals surface area contributed by atoms with Gasteiger partial charge < -0.3 is 20.1 Å². The number of nitrogens with zero attached hydrogens (tertiary/aromatic N) is 1. The molecular formula is C25H28N2O5. The molecule has 0 radical (unpaired) electrons. The van der Waals surface area contributed by atoms with Crippen LogP contribution in [0, 0.1) is 5.41 Å². The summed E-state index contributed by atoms with van der Waals surface area (Å²) in [6.07, 6.45) is -0.304. The Labute approximate surface area is 187 Å².